The van der Waals surface area contributed by atoms with E-state index in [1.54, 1.807) is 21.0 Å². The molecule has 3 heteroatoms. The van der Waals surface area contributed by atoms with Gasteiger partial charge >= 0.3 is 0 Å². The van der Waals surface area contributed by atoms with Crippen LogP contribution in [-0.2, 0) is 14.3 Å². The van der Waals surface area contributed by atoms with Gasteiger partial charge in [-0.25, -0.2) is 0 Å². The second-order valence-corrected chi connectivity index (χ2v) is 6.13. The maximum atomic E-state index is 12.3. The molecule has 0 aliphatic heterocycles. The van der Waals surface area contributed by atoms with Crippen molar-refractivity contribution in [2.45, 2.75) is 54.6 Å². The normalized spacial score (nSPS) is 15.1. The Kier molecular flexibility index (Phi) is 8.13. The van der Waals surface area contributed by atoms with Gasteiger partial charge in [-0.1, -0.05) is 34.3 Å². The highest BCUT2D eigenvalue weighted by Crippen LogP contribution is 2.35. The highest BCUT2D eigenvalue weighted by atomic mass is 16.5. The Bertz CT molecular complexity index is 316. The average molecular weight is 270 g/mol. The van der Waals surface area contributed by atoms with Crippen molar-refractivity contribution in [1.82, 2.24) is 0 Å². The Morgan fingerprint density at radius 2 is 1.79 bits per heavy atom. The number of hydrogen-bond acceptors (Lipinski definition) is 3. The molecule has 0 heterocycles. The van der Waals surface area contributed by atoms with Crippen LogP contribution in [-0.4, -0.2) is 25.3 Å². The zero-order chi connectivity index (χ0) is 14.6. The van der Waals surface area contributed by atoms with E-state index in [1.807, 2.05) is 26.8 Å². The topological polar surface area (TPSA) is 43.4 Å². The summed E-state index contributed by atoms with van der Waals surface area (Å²) < 4.78 is 5.51. The van der Waals surface area contributed by atoms with Crippen LogP contribution in [0, 0.1) is 16.7 Å². The van der Waals surface area contributed by atoms with Crippen molar-refractivity contribution in [2.75, 3.05) is 7.11 Å². The molecule has 0 aliphatic carbocycles. The Morgan fingerprint density at radius 1 is 1.32 bits per heavy atom. The second-order valence-electron chi connectivity index (χ2n) is 6.13. The minimum absolute atomic E-state index is 0. The van der Waals surface area contributed by atoms with Crippen LogP contribution in [0.1, 0.15) is 48.5 Å². The van der Waals surface area contributed by atoms with Crippen LogP contribution in [0.4, 0.5) is 0 Å². The number of ether oxygens (including phenoxy) is 1. The van der Waals surface area contributed by atoms with Gasteiger partial charge in [-0.3, -0.25) is 4.79 Å². The monoisotopic (exact) mass is 270 g/mol. The molecule has 1 unspecified atom stereocenters. The molecule has 0 aromatic rings. The van der Waals surface area contributed by atoms with Gasteiger partial charge in [0.15, 0.2) is 5.78 Å². The lowest BCUT2D eigenvalue weighted by Gasteiger charge is -2.37. The molecular formula is C16H30O3. The first kappa shape index (κ1) is 20.4. The molecule has 0 amide bonds. The molecule has 0 rings (SSSR count). The first-order chi connectivity index (χ1) is 8.14. The summed E-state index contributed by atoms with van der Waals surface area (Å²) in [5.41, 5.74) is -1.15. The lowest BCUT2D eigenvalue weighted by Crippen LogP contribution is -2.44. The van der Waals surface area contributed by atoms with Crippen molar-refractivity contribution in [3.63, 3.8) is 0 Å². The minimum Gasteiger partial charge on any atom is -0.380 e. The first-order valence-corrected chi connectivity index (χ1v) is 6.28. The predicted octanol–water partition coefficient (Wildman–Crippen LogP) is 3.67. The molecule has 0 aromatic carbocycles. The molecule has 0 aromatic heterocycles. The summed E-state index contributed by atoms with van der Waals surface area (Å²) in [6, 6.07) is 0. The quantitative estimate of drug-likeness (QED) is 0.384. The fourth-order valence-electron chi connectivity index (χ4n) is 2.47. The van der Waals surface area contributed by atoms with Crippen molar-refractivity contribution in [3.05, 3.63) is 12.7 Å². The van der Waals surface area contributed by atoms with E-state index >= 15 is 0 Å². The minimum atomic E-state index is -0.958. The second kappa shape index (κ2) is 7.59. The number of hydrogen-bond donors (Lipinski definition) is 0. The maximum Gasteiger partial charge on any atom is 0.150 e. The highest BCUT2D eigenvalue weighted by molar-refractivity contribution is 5.98. The van der Waals surface area contributed by atoms with Crippen LogP contribution in [0.5, 0.6) is 0 Å². The third kappa shape index (κ3) is 4.90. The summed E-state index contributed by atoms with van der Waals surface area (Å²) in [7, 11) is 1.60. The van der Waals surface area contributed by atoms with Gasteiger partial charge in [-0.15, -0.1) is 6.58 Å². The number of carbonyl (C=O) groups excluding carboxylic acids is 2. The van der Waals surface area contributed by atoms with Gasteiger partial charge in [0.2, 0.25) is 0 Å². The Balaban J connectivity index is 0. The van der Waals surface area contributed by atoms with Crippen LogP contribution in [0.15, 0.2) is 12.7 Å². The lowest BCUT2D eigenvalue weighted by atomic mass is 9.72. The number of Topliss-reactive ketones (excluding diaryl/α,β-unsaturated/α-hetero) is 1. The summed E-state index contributed by atoms with van der Waals surface area (Å²) in [5.74, 6) is -0.411. The molecule has 0 saturated carbocycles. The number of aldehydes is 1. The van der Waals surface area contributed by atoms with Gasteiger partial charge in [-0.05, 0) is 25.7 Å². The van der Waals surface area contributed by atoms with Gasteiger partial charge in [-0.2, -0.15) is 0 Å². The molecular weight excluding hydrogens is 240 g/mol. The third-order valence-electron chi connectivity index (χ3n) is 3.49. The van der Waals surface area contributed by atoms with E-state index in [0.29, 0.717) is 6.29 Å². The average Bonchev–Trinajstić information content (AvgIpc) is 2.28. The van der Waals surface area contributed by atoms with Gasteiger partial charge in [0.25, 0.3) is 0 Å². The Hall–Kier alpha value is -0.960. The standard InChI is InChI=1S/C15H26O3.CH4/c1-8-9-14(3,4)13(18-7)11(2)12(17)15(5,6)10-16;/h8,10-11,13H,1,9H2,2-7H3;1H4/t11-,13?;/m0./s1. The van der Waals surface area contributed by atoms with Gasteiger partial charge < -0.3 is 9.53 Å². The molecule has 0 fully saturated rings. The maximum absolute atomic E-state index is 12.3. The first-order valence-electron chi connectivity index (χ1n) is 6.28. The smallest absolute Gasteiger partial charge is 0.150 e. The largest absolute Gasteiger partial charge is 0.380 e. The summed E-state index contributed by atoms with van der Waals surface area (Å²) >= 11 is 0. The molecule has 0 aliphatic rings. The number of rotatable bonds is 8. The summed E-state index contributed by atoms with van der Waals surface area (Å²) in [5, 5.41) is 0. The fourth-order valence-corrected chi connectivity index (χ4v) is 2.47. The summed E-state index contributed by atoms with van der Waals surface area (Å²) in [6.07, 6.45) is 3.06. The van der Waals surface area contributed by atoms with Crippen LogP contribution in [0.3, 0.4) is 0 Å². The van der Waals surface area contributed by atoms with Crippen molar-refractivity contribution >= 4 is 12.1 Å². The molecule has 19 heavy (non-hydrogen) atoms. The van der Waals surface area contributed by atoms with E-state index in [-0.39, 0.29) is 30.6 Å². The molecule has 0 N–H and O–H groups in total. The highest BCUT2D eigenvalue weighted by Gasteiger charge is 2.41. The van der Waals surface area contributed by atoms with E-state index in [4.69, 9.17) is 4.74 Å². The molecule has 0 saturated heterocycles. The van der Waals surface area contributed by atoms with Crippen LogP contribution < -0.4 is 0 Å². The zero-order valence-electron chi connectivity index (χ0n) is 12.4. The van der Waals surface area contributed by atoms with Crippen molar-refractivity contribution in [3.8, 4) is 0 Å². The van der Waals surface area contributed by atoms with Crippen molar-refractivity contribution in [2.24, 2.45) is 16.7 Å². The molecule has 3 nitrogen and oxygen atoms in total. The van der Waals surface area contributed by atoms with E-state index in [9.17, 15) is 9.59 Å². The Morgan fingerprint density at radius 3 is 2.11 bits per heavy atom. The predicted molar refractivity (Wildman–Crippen MR) is 80.1 cm³/mol. The van der Waals surface area contributed by atoms with Crippen molar-refractivity contribution in [1.29, 1.82) is 0 Å². The summed E-state index contributed by atoms with van der Waals surface area (Å²) in [4.78, 5) is 23.3. The SMILES string of the molecule is C.C=CCC(C)(C)C(OC)[C@@H](C)C(=O)C(C)(C)C=O. The van der Waals surface area contributed by atoms with E-state index < -0.39 is 5.41 Å². The van der Waals surface area contributed by atoms with Gasteiger partial charge in [0.1, 0.15) is 6.29 Å². The van der Waals surface area contributed by atoms with Crippen LogP contribution >= 0.6 is 0 Å². The van der Waals surface area contributed by atoms with E-state index in [0.717, 1.165) is 6.42 Å². The van der Waals surface area contributed by atoms with Crippen LogP contribution in [0.2, 0.25) is 0 Å². The van der Waals surface area contributed by atoms with Crippen LogP contribution in [0.25, 0.3) is 0 Å². The Labute approximate surface area is 118 Å². The molecule has 0 radical (unpaired) electrons. The van der Waals surface area contributed by atoms with Gasteiger partial charge in [0, 0.05) is 13.0 Å². The molecule has 2 atom stereocenters. The zero-order valence-corrected chi connectivity index (χ0v) is 12.4. The fraction of sp³-hybridized carbons (Fsp3) is 0.750. The lowest BCUT2D eigenvalue weighted by molar-refractivity contribution is -0.142. The molecule has 112 valence electrons. The van der Waals surface area contributed by atoms with E-state index in [2.05, 4.69) is 6.58 Å². The van der Waals surface area contributed by atoms with Gasteiger partial charge in [0.05, 0.1) is 11.5 Å². The molecule has 0 spiro atoms. The summed E-state index contributed by atoms with van der Waals surface area (Å²) in [6.45, 7) is 12.9. The third-order valence-corrected chi connectivity index (χ3v) is 3.49. The number of methoxy groups -OCH3 is 1. The number of carbonyl (C=O) groups is 2. The van der Waals surface area contributed by atoms with Crippen molar-refractivity contribution < 1.29 is 14.3 Å². The number of ketones is 1. The number of allylic oxidation sites excluding steroid dienone is 1. The molecule has 0 bridgehead atoms. The van der Waals surface area contributed by atoms with E-state index in [1.165, 1.54) is 0 Å².